The predicted molar refractivity (Wildman–Crippen MR) is 82.6 cm³/mol. The van der Waals surface area contributed by atoms with Crippen LogP contribution in [0.1, 0.15) is 11.1 Å². The topological polar surface area (TPSA) is 84.2 Å². The van der Waals surface area contributed by atoms with E-state index in [1.807, 2.05) is 18.2 Å². The summed E-state index contributed by atoms with van der Waals surface area (Å²) in [5.74, 6) is 0.385. The molecule has 0 fully saturated rings. The van der Waals surface area contributed by atoms with E-state index in [0.29, 0.717) is 21.9 Å². The largest absolute Gasteiger partial charge is 0.273 e. The third-order valence-corrected chi connectivity index (χ3v) is 4.19. The summed E-state index contributed by atoms with van der Waals surface area (Å²) in [7, 11) is 0. The Morgan fingerprint density at radius 2 is 2.05 bits per heavy atom. The number of nitriles is 1. The van der Waals surface area contributed by atoms with Gasteiger partial charge >= 0.3 is 0 Å². The fourth-order valence-corrected chi connectivity index (χ4v) is 3.12. The van der Waals surface area contributed by atoms with Gasteiger partial charge in [-0.3, -0.25) is 10.1 Å². The minimum absolute atomic E-state index is 0.0808. The number of nitro groups is 1. The number of hydrogen-bond acceptors (Lipinski definition) is 5. The molecular weight excluding hydrogens is 300 g/mol. The summed E-state index contributed by atoms with van der Waals surface area (Å²) in [6.07, 6.45) is 1.77. The molecule has 0 atom stereocenters. The van der Waals surface area contributed by atoms with Gasteiger partial charge in [0.25, 0.3) is 5.69 Å². The molecule has 0 aliphatic rings. The van der Waals surface area contributed by atoms with E-state index in [2.05, 4.69) is 11.2 Å². The van der Waals surface area contributed by atoms with E-state index in [0.717, 1.165) is 5.52 Å². The number of benzene rings is 1. The molecule has 22 heavy (non-hydrogen) atoms. The van der Waals surface area contributed by atoms with Gasteiger partial charge in [-0.1, -0.05) is 36.0 Å². The van der Waals surface area contributed by atoms with Crippen LogP contribution in [0, 0.1) is 21.4 Å². The van der Waals surface area contributed by atoms with Gasteiger partial charge in [-0.25, -0.2) is 4.52 Å². The summed E-state index contributed by atoms with van der Waals surface area (Å²) in [5, 5.41) is 25.3. The summed E-state index contributed by atoms with van der Waals surface area (Å²) in [5.41, 5.74) is 1.91. The Morgan fingerprint density at radius 3 is 2.82 bits per heavy atom. The number of para-hydroxylation sites is 1. The summed E-state index contributed by atoms with van der Waals surface area (Å²) < 4.78 is 1.64. The Kier molecular flexibility index (Phi) is 3.76. The molecule has 2 heterocycles. The van der Waals surface area contributed by atoms with Gasteiger partial charge < -0.3 is 0 Å². The van der Waals surface area contributed by atoms with Crippen LogP contribution in [0.15, 0.2) is 53.7 Å². The van der Waals surface area contributed by atoms with Crippen molar-refractivity contribution in [2.75, 3.05) is 0 Å². The smallest absolute Gasteiger partial charge is 0.258 e. The molecule has 3 rings (SSSR count). The lowest BCUT2D eigenvalue weighted by Gasteiger charge is -2.01. The van der Waals surface area contributed by atoms with Crippen molar-refractivity contribution in [2.24, 2.45) is 0 Å². The summed E-state index contributed by atoms with van der Waals surface area (Å²) >= 11 is 1.32. The molecule has 0 spiro atoms. The summed E-state index contributed by atoms with van der Waals surface area (Å²) in [6.45, 7) is 0. The highest BCUT2D eigenvalue weighted by molar-refractivity contribution is 7.98. The average molecular weight is 310 g/mol. The Balaban J connectivity index is 1.92. The number of rotatable bonds is 4. The molecule has 0 bridgehead atoms. The Bertz CT molecular complexity index is 898. The molecule has 0 aliphatic carbocycles. The summed E-state index contributed by atoms with van der Waals surface area (Å²) in [4.78, 5) is 10.6. The number of pyridine rings is 1. The van der Waals surface area contributed by atoms with E-state index >= 15 is 0 Å². The number of fused-ring (bicyclic) bond motifs is 1. The maximum atomic E-state index is 11.0. The first kappa shape index (κ1) is 14.1. The van der Waals surface area contributed by atoms with Crippen LogP contribution in [0.5, 0.6) is 0 Å². The van der Waals surface area contributed by atoms with Crippen molar-refractivity contribution >= 4 is 23.0 Å². The van der Waals surface area contributed by atoms with Crippen LogP contribution in [-0.2, 0) is 5.75 Å². The molecule has 0 N–H and O–H groups in total. The predicted octanol–water partition coefficient (Wildman–Crippen LogP) is 3.41. The molecule has 0 amide bonds. The zero-order valence-electron chi connectivity index (χ0n) is 11.3. The lowest BCUT2D eigenvalue weighted by Crippen LogP contribution is -1.93. The van der Waals surface area contributed by atoms with E-state index < -0.39 is 4.92 Å². The second kappa shape index (κ2) is 5.87. The Labute approximate surface area is 130 Å². The molecule has 0 unspecified atom stereocenters. The third-order valence-electron chi connectivity index (χ3n) is 3.17. The van der Waals surface area contributed by atoms with E-state index in [4.69, 9.17) is 0 Å². The van der Waals surface area contributed by atoms with Crippen LogP contribution in [0.25, 0.3) is 5.52 Å². The minimum Gasteiger partial charge on any atom is -0.258 e. The van der Waals surface area contributed by atoms with Crippen molar-refractivity contribution in [3.8, 4) is 6.07 Å². The first-order valence-corrected chi connectivity index (χ1v) is 7.42. The van der Waals surface area contributed by atoms with Crippen molar-refractivity contribution < 1.29 is 4.92 Å². The second-order valence-corrected chi connectivity index (χ2v) is 5.46. The van der Waals surface area contributed by atoms with E-state index in [1.54, 1.807) is 28.9 Å². The van der Waals surface area contributed by atoms with Gasteiger partial charge in [-0.05, 0) is 12.1 Å². The number of nitrogens with zero attached hydrogens (tertiary/aromatic N) is 4. The molecule has 108 valence electrons. The van der Waals surface area contributed by atoms with Crippen molar-refractivity contribution in [3.63, 3.8) is 0 Å². The number of aromatic nitrogens is 2. The van der Waals surface area contributed by atoms with Crippen molar-refractivity contribution in [1.82, 2.24) is 9.61 Å². The van der Waals surface area contributed by atoms with Gasteiger partial charge in [0.15, 0.2) is 0 Å². The second-order valence-electron chi connectivity index (χ2n) is 4.50. The third kappa shape index (κ3) is 2.52. The molecule has 3 aromatic rings. The van der Waals surface area contributed by atoms with Crippen LogP contribution in [0.4, 0.5) is 5.69 Å². The maximum absolute atomic E-state index is 11.0. The Morgan fingerprint density at radius 1 is 1.27 bits per heavy atom. The highest BCUT2D eigenvalue weighted by atomic mass is 32.2. The van der Waals surface area contributed by atoms with Gasteiger partial charge in [0.2, 0.25) is 0 Å². The quantitative estimate of drug-likeness (QED) is 0.419. The molecule has 0 radical (unpaired) electrons. The minimum atomic E-state index is -0.398. The first-order chi connectivity index (χ1) is 10.7. The molecule has 2 aromatic heterocycles. The van der Waals surface area contributed by atoms with Crippen molar-refractivity contribution in [2.45, 2.75) is 10.8 Å². The number of nitro benzene ring substituents is 1. The van der Waals surface area contributed by atoms with Crippen LogP contribution < -0.4 is 0 Å². The molecule has 6 nitrogen and oxygen atoms in total. The zero-order chi connectivity index (χ0) is 15.5. The maximum Gasteiger partial charge on any atom is 0.273 e. The van der Waals surface area contributed by atoms with Crippen LogP contribution in [0.3, 0.4) is 0 Å². The van der Waals surface area contributed by atoms with Gasteiger partial charge in [-0.15, -0.1) is 0 Å². The molecule has 7 heteroatoms. The highest BCUT2D eigenvalue weighted by Crippen LogP contribution is 2.30. The molecule has 0 saturated carbocycles. The van der Waals surface area contributed by atoms with Crippen molar-refractivity contribution in [3.05, 3.63) is 69.9 Å². The monoisotopic (exact) mass is 310 g/mol. The van der Waals surface area contributed by atoms with Gasteiger partial charge in [-0.2, -0.15) is 10.4 Å². The number of hydrogen-bond donors (Lipinski definition) is 0. The van der Waals surface area contributed by atoms with Gasteiger partial charge in [0.1, 0.15) is 16.7 Å². The van der Waals surface area contributed by atoms with E-state index in [1.165, 1.54) is 17.8 Å². The van der Waals surface area contributed by atoms with Crippen LogP contribution >= 0.6 is 11.8 Å². The average Bonchev–Trinajstić information content (AvgIpc) is 2.90. The molecular formula is C15H10N4O2S. The fourth-order valence-electron chi connectivity index (χ4n) is 2.14. The SMILES string of the molecule is N#Cc1c(SCc2ccccc2[N+](=O)[O-])nn2ccccc12. The molecule has 0 aliphatic heterocycles. The zero-order valence-corrected chi connectivity index (χ0v) is 12.2. The van der Waals surface area contributed by atoms with Crippen LogP contribution in [-0.4, -0.2) is 14.5 Å². The normalized spacial score (nSPS) is 10.5. The van der Waals surface area contributed by atoms with Crippen LogP contribution in [0.2, 0.25) is 0 Å². The fraction of sp³-hybridized carbons (Fsp3) is 0.0667. The Hall–Kier alpha value is -2.85. The first-order valence-electron chi connectivity index (χ1n) is 6.43. The molecule has 0 saturated heterocycles. The van der Waals surface area contributed by atoms with Gasteiger partial charge in [0.05, 0.1) is 10.4 Å². The van der Waals surface area contributed by atoms with Gasteiger partial charge in [0, 0.05) is 23.6 Å². The number of thioether (sulfide) groups is 1. The van der Waals surface area contributed by atoms with Crippen molar-refractivity contribution in [1.29, 1.82) is 5.26 Å². The van der Waals surface area contributed by atoms with E-state index in [-0.39, 0.29) is 5.69 Å². The highest BCUT2D eigenvalue weighted by Gasteiger charge is 2.16. The lowest BCUT2D eigenvalue weighted by atomic mass is 10.2. The van der Waals surface area contributed by atoms with E-state index in [9.17, 15) is 15.4 Å². The standard InChI is InChI=1S/C15H10N4O2S/c16-9-12-14-7-3-4-8-18(14)17-15(12)22-10-11-5-1-2-6-13(11)19(20)21/h1-8H,10H2. The summed E-state index contributed by atoms with van der Waals surface area (Å²) in [6, 6.07) is 14.2. The lowest BCUT2D eigenvalue weighted by molar-refractivity contribution is -0.385. The molecule has 1 aromatic carbocycles.